The summed E-state index contributed by atoms with van der Waals surface area (Å²) in [7, 11) is 6.24. The molecule has 0 aromatic heterocycles. The van der Waals surface area contributed by atoms with Gasteiger partial charge in [0, 0.05) is 0 Å². The van der Waals surface area contributed by atoms with Crippen molar-refractivity contribution in [1.82, 2.24) is 5.32 Å². The lowest BCUT2D eigenvalue weighted by atomic mass is 10.2. The number of carbonyl (C=O) groups is 1. The Hall–Kier alpha value is -0.0400. The van der Waals surface area contributed by atoms with E-state index in [0.717, 1.165) is 11.0 Å². The molecule has 5 heteroatoms. The second kappa shape index (κ2) is 6.52. The molecule has 0 rings (SSSR count). The maximum atomic E-state index is 11.2. The van der Waals surface area contributed by atoms with Crippen LogP contribution in [0.25, 0.3) is 0 Å². The van der Waals surface area contributed by atoms with E-state index in [1.54, 1.807) is 0 Å². The fourth-order valence-electron chi connectivity index (χ4n) is 0.808. The lowest BCUT2D eigenvalue weighted by molar-refractivity contribution is -0.869. The number of carbonyl (C=O) groups excluding carboxylic acids is 1. The molecule has 0 radical (unpaired) electrons. The molecule has 92 valence electrons. The number of amides is 1. The van der Waals surface area contributed by atoms with Crippen molar-refractivity contribution in [1.29, 1.82) is 0 Å². The first-order chi connectivity index (χ1) is 6.10. The van der Waals surface area contributed by atoms with Gasteiger partial charge in [-0.15, -0.1) is 0 Å². The van der Waals surface area contributed by atoms with E-state index in [-0.39, 0.29) is 30.1 Å². The topological polar surface area (TPSA) is 38.3 Å². The number of hydrogen-bond donors (Lipinski definition) is 1. The van der Waals surface area contributed by atoms with Gasteiger partial charge in [0.15, 0.2) is 0 Å². The molecule has 0 atom stereocenters. The van der Waals surface area contributed by atoms with Crippen molar-refractivity contribution in [3.8, 4) is 0 Å². The fourth-order valence-corrected chi connectivity index (χ4v) is 0.808. The van der Waals surface area contributed by atoms with Gasteiger partial charge >= 0.3 is 6.09 Å². The second-order valence-corrected chi connectivity index (χ2v) is 5.44. The van der Waals surface area contributed by atoms with Gasteiger partial charge in [-0.1, -0.05) is 0 Å². The molecule has 0 unspecified atom stereocenters. The van der Waals surface area contributed by atoms with Gasteiger partial charge in [-0.05, 0) is 20.8 Å². The normalized spacial score (nSPS) is 11.6. The highest BCUT2D eigenvalue weighted by atomic mass is 127. The molecular weight excluding hydrogens is 307 g/mol. The van der Waals surface area contributed by atoms with E-state index in [2.05, 4.69) is 26.5 Å². The Labute approximate surface area is 110 Å². The third-order valence-corrected chi connectivity index (χ3v) is 1.45. The van der Waals surface area contributed by atoms with E-state index >= 15 is 0 Å². The predicted molar refractivity (Wildman–Crippen MR) is 57.1 cm³/mol. The van der Waals surface area contributed by atoms with Crippen LogP contribution in [-0.2, 0) is 4.74 Å². The van der Waals surface area contributed by atoms with Gasteiger partial charge in [-0.2, -0.15) is 0 Å². The summed E-state index contributed by atoms with van der Waals surface area (Å²) in [6.07, 6.45) is -0.342. The first-order valence-corrected chi connectivity index (χ1v) is 4.87. The lowest BCUT2D eigenvalue weighted by Gasteiger charge is -2.24. The zero-order valence-corrected chi connectivity index (χ0v) is 12.7. The molecule has 0 bridgehead atoms. The Morgan fingerprint density at radius 1 is 1.27 bits per heavy atom. The summed E-state index contributed by atoms with van der Waals surface area (Å²) >= 11 is 0. The van der Waals surface area contributed by atoms with E-state index in [1.165, 1.54) is 0 Å². The van der Waals surface area contributed by atoms with Gasteiger partial charge in [-0.3, -0.25) is 0 Å². The quantitative estimate of drug-likeness (QED) is 0.491. The van der Waals surface area contributed by atoms with Crippen molar-refractivity contribution in [2.45, 2.75) is 26.4 Å². The largest absolute Gasteiger partial charge is 1.00 e. The summed E-state index contributed by atoms with van der Waals surface area (Å²) in [5.74, 6) is 0. The average molecular weight is 330 g/mol. The average Bonchev–Trinajstić information content (AvgIpc) is 1.78. The molecule has 0 aliphatic carbocycles. The molecular formula is C10H23IN2O2. The van der Waals surface area contributed by atoms with Crippen LogP contribution >= 0.6 is 0 Å². The number of likely N-dealkylation sites (N-methyl/N-ethyl adjacent to an activating group) is 1. The van der Waals surface area contributed by atoms with Crippen molar-refractivity contribution in [3.05, 3.63) is 0 Å². The Balaban J connectivity index is 0. The number of nitrogens with one attached hydrogen (secondary N) is 1. The minimum atomic E-state index is -0.416. The van der Waals surface area contributed by atoms with Crippen LogP contribution in [0.4, 0.5) is 4.79 Å². The molecule has 0 fully saturated rings. The van der Waals surface area contributed by atoms with Crippen LogP contribution in [0.5, 0.6) is 0 Å². The third-order valence-electron chi connectivity index (χ3n) is 1.45. The number of nitrogens with zero attached hydrogens (tertiary/aromatic N) is 1. The Morgan fingerprint density at radius 2 is 1.73 bits per heavy atom. The molecule has 4 nitrogen and oxygen atoms in total. The second-order valence-electron chi connectivity index (χ2n) is 5.44. The highest BCUT2D eigenvalue weighted by Gasteiger charge is 2.16. The Bertz CT molecular complexity index is 195. The summed E-state index contributed by atoms with van der Waals surface area (Å²) in [6.45, 7) is 7.09. The summed E-state index contributed by atoms with van der Waals surface area (Å²) < 4.78 is 5.92. The van der Waals surface area contributed by atoms with E-state index < -0.39 is 5.60 Å². The minimum absolute atomic E-state index is 0. The first-order valence-electron chi connectivity index (χ1n) is 4.87. The maximum Gasteiger partial charge on any atom is 0.407 e. The number of alkyl carbamates (subject to hydrolysis) is 1. The molecule has 0 heterocycles. The SMILES string of the molecule is CC(C)(C)OC(=O)NCC[N+](C)(C)C.[I-]. The van der Waals surface area contributed by atoms with Crippen molar-refractivity contribution in [3.63, 3.8) is 0 Å². The van der Waals surface area contributed by atoms with Crippen LogP contribution in [0.15, 0.2) is 0 Å². The van der Waals surface area contributed by atoms with Crippen molar-refractivity contribution < 1.29 is 38.0 Å². The first kappa shape index (κ1) is 17.4. The monoisotopic (exact) mass is 330 g/mol. The summed E-state index contributed by atoms with van der Waals surface area (Å²) in [4.78, 5) is 11.2. The van der Waals surface area contributed by atoms with Crippen LogP contribution in [0.3, 0.4) is 0 Å². The van der Waals surface area contributed by atoms with Crippen LogP contribution in [0.1, 0.15) is 20.8 Å². The predicted octanol–water partition coefficient (Wildman–Crippen LogP) is -1.78. The van der Waals surface area contributed by atoms with Gasteiger partial charge in [0.25, 0.3) is 0 Å². The Morgan fingerprint density at radius 3 is 2.07 bits per heavy atom. The van der Waals surface area contributed by atoms with Crippen LogP contribution < -0.4 is 29.3 Å². The highest BCUT2D eigenvalue weighted by Crippen LogP contribution is 2.06. The number of ether oxygens (including phenoxy) is 1. The summed E-state index contributed by atoms with van der Waals surface area (Å²) in [6, 6.07) is 0. The fraction of sp³-hybridized carbons (Fsp3) is 0.900. The van der Waals surface area contributed by atoms with Crippen LogP contribution in [-0.4, -0.2) is 50.4 Å². The number of quaternary nitrogens is 1. The molecule has 0 aliphatic rings. The molecule has 0 saturated heterocycles. The maximum absolute atomic E-state index is 11.2. The number of hydrogen-bond acceptors (Lipinski definition) is 2. The van der Waals surface area contributed by atoms with Crippen LogP contribution in [0, 0.1) is 0 Å². The molecule has 0 aromatic carbocycles. The van der Waals surface area contributed by atoms with E-state index in [4.69, 9.17) is 4.74 Å². The van der Waals surface area contributed by atoms with Gasteiger partial charge in [0.05, 0.1) is 34.2 Å². The third kappa shape index (κ3) is 14.0. The standard InChI is InChI=1S/C10H22N2O2.HI/c1-10(2,3)14-9(13)11-7-8-12(4,5)6;/h7-8H2,1-6H3;1H. The zero-order valence-electron chi connectivity index (χ0n) is 10.6. The Kier molecular flexibility index (Phi) is 7.55. The van der Waals surface area contributed by atoms with E-state index in [0.29, 0.717) is 6.54 Å². The van der Waals surface area contributed by atoms with Crippen LogP contribution in [0.2, 0.25) is 0 Å². The minimum Gasteiger partial charge on any atom is -1.00 e. The van der Waals surface area contributed by atoms with Gasteiger partial charge in [0.1, 0.15) is 5.60 Å². The smallest absolute Gasteiger partial charge is 0.407 e. The van der Waals surface area contributed by atoms with Gasteiger partial charge in [0.2, 0.25) is 0 Å². The van der Waals surface area contributed by atoms with Crippen molar-refractivity contribution in [2.24, 2.45) is 0 Å². The highest BCUT2D eigenvalue weighted by molar-refractivity contribution is 5.67. The van der Waals surface area contributed by atoms with Gasteiger partial charge in [-0.25, -0.2) is 4.79 Å². The number of rotatable bonds is 3. The molecule has 1 amide bonds. The van der Waals surface area contributed by atoms with E-state index in [1.807, 2.05) is 20.8 Å². The molecule has 15 heavy (non-hydrogen) atoms. The number of halogens is 1. The molecule has 1 N–H and O–H groups in total. The van der Waals surface area contributed by atoms with E-state index in [9.17, 15) is 4.79 Å². The molecule has 0 aliphatic heterocycles. The molecule has 0 saturated carbocycles. The lowest BCUT2D eigenvalue weighted by Crippen LogP contribution is -3.00. The summed E-state index contributed by atoms with van der Waals surface area (Å²) in [5.41, 5.74) is -0.416. The molecule has 0 aromatic rings. The zero-order chi connectivity index (χ0) is 11.4. The van der Waals surface area contributed by atoms with Crippen molar-refractivity contribution >= 4 is 6.09 Å². The van der Waals surface area contributed by atoms with Crippen molar-refractivity contribution in [2.75, 3.05) is 34.2 Å². The van der Waals surface area contributed by atoms with Gasteiger partial charge < -0.3 is 38.5 Å². The molecule has 0 spiro atoms. The summed E-state index contributed by atoms with van der Waals surface area (Å²) in [5, 5.41) is 2.72.